The van der Waals surface area contributed by atoms with Gasteiger partial charge in [-0.3, -0.25) is 4.21 Å². The second kappa shape index (κ2) is 6.63. The van der Waals surface area contributed by atoms with E-state index in [9.17, 15) is 4.21 Å². The van der Waals surface area contributed by atoms with Crippen LogP contribution in [0.5, 0.6) is 0 Å². The van der Waals surface area contributed by atoms with Gasteiger partial charge in [-0.15, -0.1) is 0 Å². The summed E-state index contributed by atoms with van der Waals surface area (Å²) < 4.78 is 11.7. The molecule has 1 rings (SSSR count). The van der Waals surface area contributed by atoms with E-state index in [2.05, 4.69) is 21.2 Å². The van der Waals surface area contributed by atoms with Gasteiger partial charge in [-0.05, 0) is 33.6 Å². The van der Waals surface area contributed by atoms with Gasteiger partial charge in [-0.25, -0.2) is 0 Å². The highest BCUT2D eigenvalue weighted by Gasteiger charge is 1.98. The van der Waals surface area contributed by atoms with E-state index < -0.39 is 10.8 Å². The molecule has 1 aromatic carbocycles. The van der Waals surface area contributed by atoms with Gasteiger partial charge in [-0.2, -0.15) is 0 Å². The molecule has 0 aromatic heterocycles. The first-order chi connectivity index (χ1) is 7.09. The lowest BCUT2D eigenvalue weighted by molar-refractivity contribution is 0.676. The first-order valence-electron chi connectivity index (χ1n) is 4.54. The van der Waals surface area contributed by atoms with Crippen molar-refractivity contribution in [3.63, 3.8) is 0 Å². The highest BCUT2D eigenvalue weighted by molar-refractivity contribution is 9.10. The Morgan fingerprint density at radius 3 is 2.87 bits per heavy atom. The monoisotopic (exact) mass is 309 g/mol. The smallest absolute Gasteiger partial charge is 0.0548 e. The van der Waals surface area contributed by atoms with Crippen LogP contribution in [0.15, 0.2) is 22.7 Å². The average molecular weight is 311 g/mol. The van der Waals surface area contributed by atoms with E-state index in [0.29, 0.717) is 10.8 Å². The summed E-state index contributed by atoms with van der Waals surface area (Å²) in [6.45, 7) is 1.54. The molecule has 0 saturated heterocycles. The molecule has 2 nitrogen and oxygen atoms in total. The van der Waals surface area contributed by atoms with Gasteiger partial charge < -0.3 is 5.32 Å². The first kappa shape index (κ1) is 13.2. The van der Waals surface area contributed by atoms with Crippen LogP contribution in [0.3, 0.4) is 0 Å². The van der Waals surface area contributed by atoms with E-state index in [4.69, 9.17) is 11.6 Å². The Hall–Kier alpha value is 0.1000. The van der Waals surface area contributed by atoms with Gasteiger partial charge in [0.15, 0.2) is 0 Å². The van der Waals surface area contributed by atoms with Gasteiger partial charge in [0.1, 0.15) is 0 Å². The lowest BCUT2D eigenvalue weighted by Crippen LogP contribution is -2.19. The van der Waals surface area contributed by atoms with Crippen LogP contribution < -0.4 is 5.32 Å². The van der Waals surface area contributed by atoms with Crippen LogP contribution in [0, 0.1) is 0 Å². The molecule has 0 bridgehead atoms. The zero-order valence-electron chi connectivity index (χ0n) is 8.43. The van der Waals surface area contributed by atoms with Crippen molar-refractivity contribution in [1.29, 1.82) is 0 Å². The molecule has 1 atom stereocenters. The van der Waals surface area contributed by atoms with E-state index in [0.717, 1.165) is 23.1 Å². The second-order valence-corrected chi connectivity index (χ2v) is 6.02. The van der Waals surface area contributed by atoms with Crippen LogP contribution in [0.1, 0.15) is 5.56 Å². The van der Waals surface area contributed by atoms with Gasteiger partial charge in [0.05, 0.1) is 5.02 Å². The molecule has 0 spiro atoms. The summed E-state index contributed by atoms with van der Waals surface area (Å²) in [6, 6.07) is 5.82. The molecule has 5 heteroatoms. The normalized spacial score (nSPS) is 12.7. The van der Waals surface area contributed by atoms with Crippen molar-refractivity contribution in [1.82, 2.24) is 5.32 Å². The summed E-state index contributed by atoms with van der Waals surface area (Å²) >= 11 is 9.25. The van der Waals surface area contributed by atoms with Crippen LogP contribution in [0.25, 0.3) is 0 Å². The third-order valence-corrected chi connectivity index (χ3v) is 3.87. The fourth-order valence-electron chi connectivity index (χ4n) is 1.10. The molecule has 15 heavy (non-hydrogen) atoms. The molecular formula is C10H13BrClNOS. The Labute approximate surface area is 106 Å². The fraction of sp³-hybridized carbons (Fsp3) is 0.400. The number of nitrogens with one attached hydrogen (secondary N) is 1. The molecule has 84 valence electrons. The Bertz CT molecular complexity index is 359. The standard InChI is InChI=1S/C10H13BrClNOS/c1-15(14)5-4-13-7-8-2-3-10(12)9(11)6-8/h2-3,6,13H,4-5,7H2,1H3. The van der Waals surface area contributed by atoms with E-state index in [1.54, 1.807) is 6.26 Å². The minimum atomic E-state index is -0.724. The third kappa shape index (κ3) is 5.11. The highest BCUT2D eigenvalue weighted by Crippen LogP contribution is 2.22. The number of hydrogen-bond donors (Lipinski definition) is 1. The van der Waals surface area contributed by atoms with Gasteiger partial charge in [0.2, 0.25) is 0 Å². The van der Waals surface area contributed by atoms with E-state index in [1.807, 2.05) is 18.2 Å². The molecule has 0 amide bonds. The average Bonchev–Trinajstić information content (AvgIpc) is 2.18. The molecule has 0 aliphatic heterocycles. The Kier molecular flexibility index (Phi) is 5.82. The molecule has 0 fully saturated rings. The van der Waals surface area contributed by atoms with Crippen molar-refractivity contribution >= 4 is 38.3 Å². The lowest BCUT2D eigenvalue weighted by Gasteiger charge is -2.05. The predicted octanol–water partition coefficient (Wildman–Crippen LogP) is 2.57. The van der Waals surface area contributed by atoms with Gasteiger partial charge >= 0.3 is 0 Å². The third-order valence-electron chi connectivity index (χ3n) is 1.88. The zero-order valence-corrected chi connectivity index (χ0v) is 11.6. The molecule has 0 aliphatic rings. The molecule has 0 heterocycles. The van der Waals surface area contributed by atoms with Crippen molar-refractivity contribution in [3.8, 4) is 0 Å². The minimum absolute atomic E-state index is 0.689. The minimum Gasteiger partial charge on any atom is -0.312 e. The predicted molar refractivity (Wildman–Crippen MR) is 69.8 cm³/mol. The molecular weight excluding hydrogens is 298 g/mol. The maximum atomic E-state index is 10.8. The van der Waals surface area contributed by atoms with Crippen LogP contribution >= 0.6 is 27.5 Å². The number of benzene rings is 1. The van der Waals surface area contributed by atoms with Crippen LogP contribution in [-0.4, -0.2) is 22.8 Å². The van der Waals surface area contributed by atoms with E-state index in [-0.39, 0.29) is 0 Å². The van der Waals surface area contributed by atoms with Crippen molar-refractivity contribution < 1.29 is 4.21 Å². The summed E-state index contributed by atoms with van der Waals surface area (Å²) in [5.74, 6) is 0.689. The zero-order chi connectivity index (χ0) is 11.3. The molecule has 0 saturated carbocycles. The van der Waals surface area contributed by atoms with Gasteiger partial charge in [0, 0.05) is 40.4 Å². The van der Waals surface area contributed by atoms with Crippen molar-refractivity contribution in [2.75, 3.05) is 18.6 Å². The van der Waals surface area contributed by atoms with Crippen LogP contribution in [0.2, 0.25) is 5.02 Å². The Balaban J connectivity index is 2.38. The van der Waals surface area contributed by atoms with Crippen LogP contribution in [-0.2, 0) is 17.3 Å². The van der Waals surface area contributed by atoms with Gasteiger partial charge in [0.25, 0.3) is 0 Å². The number of hydrogen-bond acceptors (Lipinski definition) is 2. The largest absolute Gasteiger partial charge is 0.312 e. The molecule has 0 radical (unpaired) electrons. The number of rotatable bonds is 5. The van der Waals surface area contributed by atoms with E-state index >= 15 is 0 Å². The van der Waals surface area contributed by atoms with Crippen molar-refractivity contribution in [2.45, 2.75) is 6.54 Å². The maximum absolute atomic E-state index is 10.8. The molecule has 0 aliphatic carbocycles. The summed E-state index contributed by atoms with van der Waals surface area (Å²) in [7, 11) is -0.724. The quantitative estimate of drug-likeness (QED) is 0.847. The van der Waals surface area contributed by atoms with Gasteiger partial charge in [-0.1, -0.05) is 17.7 Å². The molecule has 1 N–H and O–H groups in total. The summed E-state index contributed by atoms with van der Waals surface area (Å²) in [5, 5.41) is 3.94. The lowest BCUT2D eigenvalue weighted by atomic mass is 10.2. The van der Waals surface area contributed by atoms with Crippen molar-refractivity contribution in [3.05, 3.63) is 33.3 Å². The molecule has 1 aromatic rings. The fourth-order valence-corrected chi connectivity index (χ4v) is 2.07. The highest BCUT2D eigenvalue weighted by atomic mass is 79.9. The Morgan fingerprint density at radius 1 is 1.53 bits per heavy atom. The summed E-state index contributed by atoms with van der Waals surface area (Å²) in [5.41, 5.74) is 1.16. The SMILES string of the molecule is CS(=O)CCNCc1ccc(Cl)c(Br)c1. The topological polar surface area (TPSA) is 29.1 Å². The molecule has 1 unspecified atom stereocenters. The van der Waals surface area contributed by atoms with E-state index in [1.165, 1.54) is 0 Å². The van der Waals surface area contributed by atoms with Crippen LogP contribution in [0.4, 0.5) is 0 Å². The second-order valence-electron chi connectivity index (χ2n) is 3.20. The van der Waals surface area contributed by atoms with Crippen molar-refractivity contribution in [2.24, 2.45) is 0 Å². The maximum Gasteiger partial charge on any atom is 0.0548 e. The first-order valence-corrected chi connectivity index (χ1v) is 7.44. The Morgan fingerprint density at radius 2 is 2.27 bits per heavy atom. The summed E-state index contributed by atoms with van der Waals surface area (Å²) in [6.07, 6.45) is 1.71. The number of halogens is 2. The summed E-state index contributed by atoms with van der Waals surface area (Å²) in [4.78, 5) is 0.